The average molecular weight is 350 g/mol. The molecule has 5 heteroatoms. The van der Waals surface area contributed by atoms with Gasteiger partial charge in [-0.3, -0.25) is 4.79 Å². The van der Waals surface area contributed by atoms with Crippen LogP contribution in [0.25, 0.3) is 0 Å². The van der Waals surface area contributed by atoms with Gasteiger partial charge in [-0.05, 0) is 50.1 Å². The molecule has 5 nitrogen and oxygen atoms in total. The van der Waals surface area contributed by atoms with Gasteiger partial charge in [0.25, 0.3) is 5.91 Å². The van der Waals surface area contributed by atoms with E-state index in [9.17, 15) is 4.79 Å². The number of benzene rings is 1. The number of anilines is 2. The van der Waals surface area contributed by atoms with Gasteiger partial charge in [-0.15, -0.1) is 0 Å². The van der Waals surface area contributed by atoms with Gasteiger partial charge in [0.05, 0.1) is 0 Å². The van der Waals surface area contributed by atoms with Crippen molar-refractivity contribution in [3.63, 3.8) is 0 Å². The Bertz CT molecular complexity index is 752. The topological polar surface area (TPSA) is 39.7 Å². The highest BCUT2D eigenvalue weighted by Crippen LogP contribution is 2.32. The third-order valence-electron chi connectivity index (χ3n) is 5.27. The Labute approximate surface area is 155 Å². The molecule has 2 aromatic rings. The molecule has 2 aliphatic rings. The average Bonchev–Trinajstić information content (AvgIpc) is 3.51. The molecule has 1 aromatic heterocycles. The maximum atomic E-state index is 13.3. The first-order chi connectivity index (χ1) is 12.7. The molecular weight excluding hydrogens is 324 g/mol. The zero-order valence-corrected chi connectivity index (χ0v) is 15.3. The second kappa shape index (κ2) is 7.46. The molecule has 0 spiro atoms. The first-order valence-electron chi connectivity index (χ1n) is 9.47. The van der Waals surface area contributed by atoms with Gasteiger partial charge in [0, 0.05) is 50.2 Å². The summed E-state index contributed by atoms with van der Waals surface area (Å²) < 4.78 is 0. The van der Waals surface area contributed by atoms with Crippen LogP contribution in [0.5, 0.6) is 0 Å². The van der Waals surface area contributed by atoms with Crippen LogP contribution in [0.2, 0.25) is 0 Å². The van der Waals surface area contributed by atoms with E-state index in [1.54, 1.807) is 6.20 Å². The standard InChI is InChI=1S/C21H26N4O/c1-23-11-13-24(14-12-23)20-15-18(9-10-22-20)21(26)25(16-17-7-8-17)19-5-3-2-4-6-19/h2-6,9-10,15,17H,7-8,11-14,16H2,1H3. The third-order valence-corrected chi connectivity index (χ3v) is 5.27. The zero-order chi connectivity index (χ0) is 17.9. The van der Waals surface area contributed by atoms with Crippen molar-refractivity contribution in [3.8, 4) is 0 Å². The van der Waals surface area contributed by atoms with E-state index in [4.69, 9.17) is 0 Å². The van der Waals surface area contributed by atoms with Crippen LogP contribution >= 0.6 is 0 Å². The largest absolute Gasteiger partial charge is 0.354 e. The summed E-state index contributed by atoms with van der Waals surface area (Å²) in [6.07, 6.45) is 4.21. The number of piperazine rings is 1. The van der Waals surface area contributed by atoms with E-state index >= 15 is 0 Å². The summed E-state index contributed by atoms with van der Waals surface area (Å²) in [6, 6.07) is 13.8. The monoisotopic (exact) mass is 350 g/mol. The quantitative estimate of drug-likeness (QED) is 0.831. The van der Waals surface area contributed by atoms with Gasteiger partial charge in [0.15, 0.2) is 0 Å². The lowest BCUT2D eigenvalue weighted by molar-refractivity contribution is 0.0985. The van der Waals surface area contributed by atoms with Crippen molar-refractivity contribution in [2.75, 3.05) is 49.6 Å². The van der Waals surface area contributed by atoms with E-state index in [0.29, 0.717) is 5.92 Å². The van der Waals surface area contributed by atoms with E-state index in [2.05, 4.69) is 21.8 Å². The second-order valence-electron chi connectivity index (χ2n) is 7.39. The molecule has 1 saturated heterocycles. The number of hydrogen-bond acceptors (Lipinski definition) is 4. The molecule has 1 amide bonds. The van der Waals surface area contributed by atoms with Crippen molar-refractivity contribution in [2.24, 2.45) is 5.92 Å². The predicted octanol–water partition coefficient (Wildman–Crippen LogP) is 2.89. The summed E-state index contributed by atoms with van der Waals surface area (Å²) in [5.41, 5.74) is 1.70. The fourth-order valence-electron chi connectivity index (χ4n) is 3.39. The SMILES string of the molecule is CN1CCN(c2cc(C(=O)N(CC3CC3)c3ccccc3)ccn2)CC1. The van der Waals surface area contributed by atoms with Crippen molar-refractivity contribution in [2.45, 2.75) is 12.8 Å². The summed E-state index contributed by atoms with van der Waals surface area (Å²) in [5, 5.41) is 0. The molecule has 4 rings (SSSR count). The fraction of sp³-hybridized carbons (Fsp3) is 0.429. The van der Waals surface area contributed by atoms with Crippen LogP contribution in [-0.4, -0.2) is 55.6 Å². The van der Waals surface area contributed by atoms with Gasteiger partial charge in [0.2, 0.25) is 0 Å². The summed E-state index contributed by atoms with van der Waals surface area (Å²) in [6.45, 7) is 4.75. The van der Waals surface area contributed by atoms with E-state index in [1.165, 1.54) is 12.8 Å². The van der Waals surface area contributed by atoms with Crippen LogP contribution in [0.15, 0.2) is 48.7 Å². The maximum Gasteiger partial charge on any atom is 0.258 e. The van der Waals surface area contributed by atoms with Crippen molar-refractivity contribution >= 4 is 17.4 Å². The Hall–Kier alpha value is -2.40. The summed E-state index contributed by atoms with van der Waals surface area (Å²) >= 11 is 0. The lowest BCUT2D eigenvalue weighted by Gasteiger charge is -2.33. The number of pyridine rings is 1. The van der Waals surface area contributed by atoms with Crippen LogP contribution in [0.3, 0.4) is 0 Å². The number of rotatable bonds is 5. The predicted molar refractivity (Wildman–Crippen MR) is 105 cm³/mol. The van der Waals surface area contributed by atoms with Crippen molar-refractivity contribution < 1.29 is 4.79 Å². The minimum atomic E-state index is 0.0703. The zero-order valence-electron chi connectivity index (χ0n) is 15.3. The molecule has 0 N–H and O–H groups in total. The van der Waals surface area contributed by atoms with Gasteiger partial charge >= 0.3 is 0 Å². The van der Waals surface area contributed by atoms with Crippen molar-refractivity contribution in [1.82, 2.24) is 9.88 Å². The summed E-state index contributed by atoms with van der Waals surface area (Å²) in [4.78, 5) is 24.3. The molecule has 0 unspecified atom stereocenters. The van der Waals surface area contributed by atoms with E-state index < -0.39 is 0 Å². The molecular formula is C21H26N4O. The molecule has 26 heavy (non-hydrogen) atoms. The Morgan fingerprint density at radius 1 is 1.12 bits per heavy atom. The lowest BCUT2D eigenvalue weighted by atomic mass is 10.1. The van der Waals surface area contributed by atoms with Gasteiger partial charge in [-0.2, -0.15) is 0 Å². The highest BCUT2D eigenvalue weighted by Gasteiger charge is 2.28. The highest BCUT2D eigenvalue weighted by molar-refractivity contribution is 6.06. The number of amides is 1. The van der Waals surface area contributed by atoms with Gasteiger partial charge in [-0.25, -0.2) is 4.98 Å². The number of aromatic nitrogens is 1. The maximum absolute atomic E-state index is 13.3. The number of para-hydroxylation sites is 1. The minimum absolute atomic E-state index is 0.0703. The Morgan fingerprint density at radius 2 is 1.85 bits per heavy atom. The summed E-state index contributed by atoms with van der Waals surface area (Å²) in [7, 11) is 2.14. The fourth-order valence-corrected chi connectivity index (χ4v) is 3.39. The smallest absolute Gasteiger partial charge is 0.258 e. The molecule has 1 saturated carbocycles. The number of carbonyl (C=O) groups excluding carboxylic acids is 1. The third kappa shape index (κ3) is 3.88. The van der Waals surface area contributed by atoms with E-state index in [0.717, 1.165) is 49.8 Å². The molecule has 1 aliphatic heterocycles. The van der Waals surface area contributed by atoms with E-state index in [1.807, 2.05) is 47.4 Å². The van der Waals surface area contributed by atoms with Gasteiger partial charge in [-0.1, -0.05) is 18.2 Å². The Balaban J connectivity index is 1.56. The molecule has 0 atom stereocenters. The minimum Gasteiger partial charge on any atom is -0.354 e. The molecule has 0 bridgehead atoms. The van der Waals surface area contributed by atoms with Crippen LogP contribution < -0.4 is 9.80 Å². The molecule has 1 aliphatic carbocycles. The Kier molecular flexibility index (Phi) is 4.89. The highest BCUT2D eigenvalue weighted by atomic mass is 16.2. The van der Waals surface area contributed by atoms with Crippen LogP contribution in [0, 0.1) is 5.92 Å². The van der Waals surface area contributed by atoms with E-state index in [-0.39, 0.29) is 5.91 Å². The lowest BCUT2D eigenvalue weighted by Crippen LogP contribution is -2.44. The number of likely N-dealkylation sites (N-methyl/N-ethyl adjacent to an activating group) is 1. The molecule has 2 heterocycles. The molecule has 2 fully saturated rings. The first-order valence-corrected chi connectivity index (χ1v) is 9.47. The van der Waals surface area contributed by atoms with Crippen molar-refractivity contribution in [3.05, 3.63) is 54.2 Å². The molecule has 0 radical (unpaired) electrons. The van der Waals surface area contributed by atoms with Gasteiger partial charge < -0.3 is 14.7 Å². The Morgan fingerprint density at radius 3 is 2.54 bits per heavy atom. The number of hydrogen-bond donors (Lipinski definition) is 0. The van der Waals surface area contributed by atoms with Gasteiger partial charge in [0.1, 0.15) is 5.82 Å². The van der Waals surface area contributed by atoms with Crippen LogP contribution in [0.4, 0.5) is 11.5 Å². The second-order valence-corrected chi connectivity index (χ2v) is 7.39. The van der Waals surface area contributed by atoms with Crippen LogP contribution in [0.1, 0.15) is 23.2 Å². The van der Waals surface area contributed by atoms with Crippen molar-refractivity contribution in [1.29, 1.82) is 0 Å². The molecule has 1 aromatic carbocycles. The normalized spacial score (nSPS) is 18.0. The molecule has 136 valence electrons. The van der Waals surface area contributed by atoms with Crippen LogP contribution in [-0.2, 0) is 0 Å². The number of carbonyl (C=O) groups is 1. The first kappa shape index (κ1) is 17.0. The summed E-state index contributed by atoms with van der Waals surface area (Å²) in [5.74, 6) is 1.61. The number of nitrogens with zero attached hydrogens (tertiary/aromatic N) is 4.